The van der Waals surface area contributed by atoms with Crippen molar-refractivity contribution in [2.24, 2.45) is 0 Å². The number of piperidine rings is 1. The summed E-state index contributed by atoms with van der Waals surface area (Å²) in [5.41, 5.74) is -0.130. The van der Waals surface area contributed by atoms with Crippen molar-refractivity contribution in [3.63, 3.8) is 0 Å². The average molecular weight is 562 g/mol. The summed E-state index contributed by atoms with van der Waals surface area (Å²) in [5.74, 6) is 0. The second kappa shape index (κ2) is 12.4. The number of nitrogens with zero attached hydrogens (tertiary/aromatic N) is 4. The minimum absolute atomic E-state index is 0. The van der Waals surface area contributed by atoms with E-state index in [1.54, 1.807) is 23.1 Å². The van der Waals surface area contributed by atoms with Gasteiger partial charge in [0.05, 0.1) is 4.90 Å². The molecule has 0 aliphatic carbocycles. The van der Waals surface area contributed by atoms with Crippen molar-refractivity contribution in [1.82, 2.24) is 24.4 Å². The maximum absolute atomic E-state index is 12.7. The predicted molar refractivity (Wildman–Crippen MR) is 135 cm³/mol. The molecule has 2 amide bonds. The van der Waals surface area contributed by atoms with Gasteiger partial charge in [-0.05, 0) is 56.1 Å². The number of hydrogen-bond acceptors (Lipinski definition) is 6. The van der Waals surface area contributed by atoms with Gasteiger partial charge in [0, 0.05) is 45.0 Å². The van der Waals surface area contributed by atoms with Gasteiger partial charge in [-0.1, -0.05) is 24.3 Å². The molecular formula is C24H31ClF3N5O3S. The topological polar surface area (TPSA) is 85.8 Å². The molecule has 1 aromatic carbocycles. The number of carbonyl (C=O) groups excluding carboxylic acids is 1. The molecule has 3 heterocycles. The summed E-state index contributed by atoms with van der Waals surface area (Å²) in [6.45, 7) is 4.60. The van der Waals surface area contributed by atoms with E-state index in [9.17, 15) is 26.4 Å². The number of urea groups is 1. The predicted octanol–water partition coefficient (Wildman–Crippen LogP) is 3.59. The minimum Gasteiger partial charge on any atom is -0.323 e. The summed E-state index contributed by atoms with van der Waals surface area (Å²) >= 11 is 0. The lowest BCUT2D eigenvalue weighted by Crippen LogP contribution is -2.47. The Morgan fingerprint density at radius 1 is 0.973 bits per heavy atom. The zero-order valence-electron chi connectivity index (χ0n) is 20.2. The van der Waals surface area contributed by atoms with Crippen LogP contribution < -0.4 is 4.72 Å². The van der Waals surface area contributed by atoms with Crippen molar-refractivity contribution < 1.29 is 26.4 Å². The summed E-state index contributed by atoms with van der Waals surface area (Å²) in [5, 5.41) is 0. The number of sulfonamides is 1. The third-order valence-corrected chi connectivity index (χ3v) is 8.02. The van der Waals surface area contributed by atoms with Crippen LogP contribution in [0.5, 0.6) is 0 Å². The SMILES string of the molecule is Cl.O=C(NS(=O)(=O)c1ccccc1)N1CCCN(C2CCN(Cc3ccc(C(F)(F)F)nc3)CC2)CC1. The Morgan fingerprint density at radius 2 is 1.68 bits per heavy atom. The number of aromatic nitrogens is 1. The van der Waals surface area contributed by atoms with E-state index in [2.05, 4.69) is 19.5 Å². The Labute approximate surface area is 221 Å². The Balaban J connectivity index is 0.00000380. The molecule has 4 rings (SSSR count). The van der Waals surface area contributed by atoms with Crippen LogP contribution in [-0.2, 0) is 22.7 Å². The summed E-state index contributed by atoms with van der Waals surface area (Å²) in [6, 6.07) is 10.0. The number of halogens is 4. The lowest BCUT2D eigenvalue weighted by molar-refractivity contribution is -0.141. The largest absolute Gasteiger partial charge is 0.433 e. The summed E-state index contributed by atoms with van der Waals surface area (Å²) < 4.78 is 65.3. The first kappa shape index (κ1) is 29.2. The van der Waals surface area contributed by atoms with Crippen LogP contribution in [0.1, 0.15) is 30.5 Å². The zero-order valence-corrected chi connectivity index (χ0v) is 21.9. The van der Waals surface area contributed by atoms with Gasteiger partial charge < -0.3 is 4.90 Å². The Morgan fingerprint density at radius 3 is 2.30 bits per heavy atom. The molecule has 204 valence electrons. The van der Waals surface area contributed by atoms with Gasteiger partial charge in [-0.25, -0.2) is 17.9 Å². The lowest BCUT2D eigenvalue weighted by Gasteiger charge is -2.38. The maximum atomic E-state index is 12.7. The number of alkyl halides is 3. The molecule has 2 aromatic rings. The van der Waals surface area contributed by atoms with E-state index in [4.69, 9.17) is 0 Å². The Kier molecular flexibility index (Phi) is 9.79. The molecule has 37 heavy (non-hydrogen) atoms. The van der Waals surface area contributed by atoms with E-state index in [0.29, 0.717) is 32.2 Å². The van der Waals surface area contributed by atoms with Gasteiger partial charge in [-0.3, -0.25) is 14.8 Å². The maximum Gasteiger partial charge on any atom is 0.433 e. The fourth-order valence-corrected chi connectivity index (χ4v) is 5.72. The number of benzene rings is 1. The van der Waals surface area contributed by atoms with Gasteiger partial charge in [0.15, 0.2) is 0 Å². The van der Waals surface area contributed by atoms with Crippen molar-refractivity contribution >= 4 is 28.5 Å². The molecule has 1 N–H and O–H groups in total. The van der Waals surface area contributed by atoms with Crippen LogP contribution in [0.15, 0.2) is 53.6 Å². The molecule has 2 aliphatic rings. The molecule has 8 nitrogen and oxygen atoms in total. The van der Waals surface area contributed by atoms with Gasteiger partial charge >= 0.3 is 12.2 Å². The molecule has 2 fully saturated rings. The first-order valence-electron chi connectivity index (χ1n) is 12.0. The van der Waals surface area contributed by atoms with Gasteiger partial charge in [0.1, 0.15) is 5.69 Å². The quantitative estimate of drug-likeness (QED) is 0.600. The van der Waals surface area contributed by atoms with E-state index in [-0.39, 0.29) is 17.3 Å². The normalized spacial score (nSPS) is 18.6. The highest BCUT2D eigenvalue weighted by Crippen LogP contribution is 2.27. The molecule has 2 saturated heterocycles. The van der Waals surface area contributed by atoms with Crippen LogP contribution in [0, 0.1) is 0 Å². The molecule has 13 heteroatoms. The van der Waals surface area contributed by atoms with E-state index in [1.807, 2.05) is 0 Å². The van der Waals surface area contributed by atoms with Crippen molar-refractivity contribution in [3.8, 4) is 0 Å². The highest BCUT2D eigenvalue weighted by atomic mass is 35.5. The summed E-state index contributed by atoms with van der Waals surface area (Å²) in [4.78, 5) is 22.4. The molecule has 2 aliphatic heterocycles. The van der Waals surface area contributed by atoms with E-state index in [0.717, 1.165) is 50.5 Å². The fraction of sp³-hybridized carbons (Fsp3) is 0.500. The number of nitrogens with one attached hydrogen (secondary N) is 1. The van der Waals surface area contributed by atoms with E-state index >= 15 is 0 Å². The standard InChI is InChI=1S/C24H30F3N5O3S.ClH/c25-24(26,27)22-8-7-19(17-28-22)18-30-13-9-20(10-14-30)31-11-4-12-32(16-15-31)23(33)29-36(34,35)21-5-2-1-3-6-21;/h1-3,5-8,17,20H,4,9-16,18H2,(H,29,33);1H. The molecule has 0 bridgehead atoms. The average Bonchev–Trinajstić information content (AvgIpc) is 3.11. The van der Waals surface area contributed by atoms with Gasteiger partial charge in [0.25, 0.3) is 10.0 Å². The highest BCUT2D eigenvalue weighted by Gasteiger charge is 2.32. The molecule has 0 saturated carbocycles. The summed E-state index contributed by atoms with van der Waals surface area (Å²) in [7, 11) is -3.92. The second-order valence-corrected chi connectivity index (χ2v) is 10.8. The van der Waals surface area contributed by atoms with Gasteiger partial charge in [-0.15, -0.1) is 12.4 Å². The molecule has 0 atom stereocenters. The van der Waals surface area contributed by atoms with Crippen molar-refractivity contribution in [2.75, 3.05) is 39.3 Å². The third kappa shape index (κ3) is 7.79. The first-order chi connectivity index (χ1) is 17.1. The second-order valence-electron chi connectivity index (χ2n) is 9.16. The van der Waals surface area contributed by atoms with Crippen molar-refractivity contribution in [3.05, 3.63) is 59.9 Å². The smallest absolute Gasteiger partial charge is 0.323 e. The van der Waals surface area contributed by atoms with Crippen molar-refractivity contribution in [1.29, 1.82) is 0 Å². The third-order valence-electron chi connectivity index (χ3n) is 6.69. The number of hydrogen-bond donors (Lipinski definition) is 1. The van der Waals surface area contributed by atoms with E-state index < -0.39 is 27.9 Å². The molecule has 0 radical (unpaired) electrons. The zero-order chi connectivity index (χ0) is 25.8. The Hall–Kier alpha value is -2.41. The van der Waals surface area contributed by atoms with Crippen LogP contribution in [0.3, 0.4) is 0 Å². The number of carbonyl (C=O) groups is 1. The van der Waals surface area contributed by atoms with E-state index in [1.165, 1.54) is 24.4 Å². The molecule has 0 unspecified atom stereocenters. The fourth-order valence-electron chi connectivity index (χ4n) is 4.73. The number of pyridine rings is 1. The van der Waals surface area contributed by atoms with Crippen LogP contribution in [0.4, 0.5) is 18.0 Å². The number of likely N-dealkylation sites (tertiary alicyclic amines) is 1. The molecule has 1 aromatic heterocycles. The van der Waals surface area contributed by atoms with Gasteiger partial charge in [0.2, 0.25) is 0 Å². The molecule has 0 spiro atoms. The monoisotopic (exact) mass is 561 g/mol. The lowest BCUT2D eigenvalue weighted by atomic mass is 10.0. The van der Waals surface area contributed by atoms with Gasteiger partial charge in [-0.2, -0.15) is 13.2 Å². The van der Waals surface area contributed by atoms with Crippen LogP contribution >= 0.6 is 12.4 Å². The highest BCUT2D eigenvalue weighted by molar-refractivity contribution is 7.90. The number of rotatable bonds is 5. The minimum atomic E-state index is -4.43. The van der Waals surface area contributed by atoms with Crippen molar-refractivity contribution in [2.45, 2.75) is 42.9 Å². The van der Waals surface area contributed by atoms with Crippen LogP contribution in [0.2, 0.25) is 0 Å². The first-order valence-corrected chi connectivity index (χ1v) is 13.5. The van der Waals surface area contributed by atoms with Crippen LogP contribution in [0.25, 0.3) is 0 Å². The van der Waals surface area contributed by atoms with Crippen LogP contribution in [-0.4, -0.2) is 79.4 Å². The molecular weight excluding hydrogens is 531 g/mol. The summed E-state index contributed by atoms with van der Waals surface area (Å²) in [6.07, 6.45) is -0.556. The Bertz CT molecular complexity index is 1130. The number of amides is 2.